The van der Waals surface area contributed by atoms with Crippen molar-refractivity contribution in [3.05, 3.63) is 30.2 Å². The number of aromatic amines is 1. The predicted molar refractivity (Wildman–Crippen MR) is 136 cm³/mol. The van der Waals surface area contributed by atoms with Crippen LogP contribution in [-0.2, 0) is 11.3 Å². The lowest BCUT2D eigenvalue weighted by Crippen LogP contribution is -2.59. The highest BCUT2D eigenvalue weighted by Crippen LogP contribution is 2.42. The van der Waals surface area contributed by atoms with Crippen molar-refractivity contribution < 1.29 is 18.3 Å². The summed E-state index contributed by atoms with van der Waals surface area (Å²) in [5.41, 5.74) is 3.44. The maximum absolute atomic E-state index is 13.2. The van der Waals surface area contributed by atoms with Crippen LogP contribution in [0.2, 0.25) is 0 Å². The van der Waals surface area contributed by atoms with E-state index < -0.39 is 13.0 Å². The summed E-state index contributed by atoms with van der Waals surface area (Å²) in [6.45, 7) is 4.29. The Bertz CT molecular complexity index is 1510. The number of amides is 1. The van der Waals surface area contributed by atoms with E-state index in [2.05, 4.69) is 32.2 Å². The molecule has 0 unspecified atom stereocenters. The van der Waals surface area contributed by atoms with Gasteiger partial charge in [0, 0.05) is 36.3 Å². The highest BCUT2D eigenvalue weighted by atomic mass is 19.3. The third-order valence-corrected chi connectivity index (χ3v) is 7.69. The van der Waals surface area contributed by atoms with Gasteiger partial charge in [0.15, 0.2) is 0 Å². The van der Waals surface area contributed by atoms with Crippen LogP contribution in [0.25, 0.3) is 33.2 Å². The molecule has 194 valence electrons. The minimum atomic E-state index is -2.48. The van der Waals surface area contributed by atoms with Crippen LogP contribution >= 0.6 is 0 Å². The van der Waals surface area contributed by atoms with Gasteiger partial charge in [-0.25, -0.2) is 13.8 Å². The number of hydrogen-bond donors (Lipinski definition) is 2. The van der Waals surface area contributed by atoms with Crippen LogP contribution in [0.15, 0.2) is 24.4 Å². The molecular weight excluding hydrogens is 480 g/mol. The fourth-order valence-corrected chi connectivity index (χ4v) is 5.95. The molecule has 37 heavy (non-hydrogen) atoms. The summed E-state index contributed by atoms with van der Waals surface area (Å²) in [5, 5.41) is 4.11. The third kappa shape index (κ3) is 3.96. The topological polar surface area (TPSA) is 101 Å². The minimum absolute atomic E-state index is 0.118. The Hall–Kier alpha value is -3.76. The number of fused-ring (bicyclic) bond motifs is 2. The van der Waals surface area contributed by atoms with E-state index in [0.29, 0.717) is 46.1 Å². The fourth-order valence-electron chi connectivity index (χ4n) is 5.95. The summed E-state index contributed by atoms with van der Waals surface area (Å²) < 4.78 is 33.5. The van der Waals surface area contributed by atoms with E-state index >= 15 is 0 Å². The quantitative estimate of drug-likeness (QED) is 0.380. The van der Waals surface area contributed by atoms with Gasteiger partial charge in [-0.1, -0.05) is 6.07 Å². The van der Waals surface area contributed by atoms with Gasteiger partial charge in [0.05, 0.1) is 30.1 Å². The number of nitrogens with one attached hydrogen (secondary N) is 2. The molecule has 2 fully saturated rings. The lowest BCUT2D eigenvalue weighted by Gasteiger charge is -2.51. The monoisotopic (exact) mass is 509 g/mol. The Balaban J connectivity index is 1.29. The summed E-state index contributed by atoms with van der Waals surface area (Å²) in [4.78, 5) is 31.1. The van der Waals surface area contributed by atoms with Gasteiger partial charge in [-0.3, -0.25) is 4.79 Å². The Kier molecular flexibility index (Phi) is 5.54. The maximum Gasteiger partial charge on any atom is 0.256 e. The number of aryl methyl sites for hydroxylation is 1. The van der Waals surface area contributed by atoms with Gasteiger partial charge < -0.3 is 24.5 Å². The molecule has 9 nitrogen and oxygen atoms in total. The molecule has 6 rings (SSSR count). The first kappa shape index (κ1) is 23.6. The number of alkyl halides is 2. The zero-order valence-corrected chi connectivity index (χ0v) is 21.0. The number of carbonyl (C=O) groups is 1. The van der Waals surface area contributed by atoms with E-state index in [0.717, 1.165) is 36.9 Å². The molecule has 0 bridgehead atoms. The molecule has 1 saturated carbocycles. The van der Waals surface area contributed by atoms with E-state index in [-0.39, 0.29) is 17.5 Å². The number of aromatic nitrogens is 5. The van der Waals surface area contributed by atoms with Crippen LogP contribution in [0.1, 0.15) is 38.4 Å². The van der Waals surface area contributed by atoms with Crippen LogP contribution in [0.4, 0.5) is 14.7 Å². The number of carbonyl (C=O) groups excluding carboxylic acids is 1. The van der Waals surface area contributed by atoms with Gasteiger partial charge in [0.1, 0.15) is 11.5 Å². The van der Waals surface area contributed by atoms with Crippen LogP contribution in [0.5, 0.6) is 5.88 Å². The Morgan fingerprint density at radius 3 is 2.78 bits per heavy atom. The number of methoxy groups -OCH3 is 1. The molecule has 1 aliphatic carbocycles. The van der Waals surface area contributed by atoms with Crippen molar-refractivity contribution in [3.63, 3.8) is 0 Å². The Morgan fingerprint density at radius 1 is 1.27 bits per heavy atom. The summed E-state index contributed by atoms with van der Waals surface area (Å²) in [5.74, 6) is 1.66. The zero-order chi connectivity index (χ0) is 25.9. The second-order valence-electron chi connectivity index (χ2n) is 10.2. The number of ether oxygens (including phenoxy) is 1. The standard InChI is InChI=1S/C26H29F2N7O2/c1-14-30-18-7-6-15(9-19(18)34(14)13-20(27)28)17-12-29-23-22(17)24(37-3)33-25(32-23)31-16-10-26(2,11-16)35-8-4-5-21(35)36/h6-7,9,12,16,20H,4-5,8,10-11,13H2,1-3H3,(H2,29,31,32,33). The summed E-state index contributed by atoms with van der Waals surface area (Å²) in [6, 6.07) is 5.77. The van der Waals surface area contributed by atoms with Gasteiger partial charge >= 0.3 is 0 Å². The molecule has 1 saturated heterocycles. The number of anilines is 1. The van der Waals surface area contributed by atoms with Crippen LogP contribution in [-0.4, -0.2) is 67.0 Å². The lowest BCUT2D eigenvalue weighted by atomic mass is 9.73. The highest BCUT2D eigenvalue weighted by molar-refractivity contribution is 5.99. The number of halogens is 2. The SMILES string of the molecule is COc1nc(NC2CC(C)(N3CCCC3=O)C2)nc2[nH]cc(-c3ccc4nc(C)n(CC(F)F)c4c3)c12. The smallest absolute Gasteiger partial charge is 0.256 e. The number of rotatable bonds is 7. The summed E-state index contributed by atoms with van der Waals surface area (Å²) in [6.07, 6.45) is 2.60. The number of H-pyrrole nitrogens is 1. The maximum atomic E-state index is 13.2. The first-order valence-electron chi connectivity index (χ1n) is 12.5. The van der Waals surface area contributed by atoms with Crippen molar-refractivity contribution in [1.29, 1.82) is 0 Å². The molecular formula is C26H29F2N7O2. The molecule has 3 aromatic heterocycles. The van der Waals surface area contributed by atoms with Crippen molar-refractivity contribution in [2.24, 2.45) is 0 Å². The number of imidazole rings is 1. The zero-order valence-electron chi connectivity index (χ0n) is 21.0. The van der Waals surface area contributed by atoms with Crippen LogP contribution < -0.4 is 10.1 Å². The summed E-state index contributed by atoms with van der Waals surface area (Å²) in [7, 11) is 1.56. The van der Waals surface area contributed by atoms with Crippen LogP contribution in [0, 0.1) is 6.92 Å². The van der Waals surface area contributed by atoms with Crippen LogP contribution in [0.3, 0.4) is 0 Å². The summed E-state index contributed by atoms with van der Waals surface area (Å²) >= 11 is 0. The van der Waals surface area contributed by atoms with E-state index in [1.165, 1.54) is 4.57 Å². The number of hydrogen-bond acceptors (Lipinski definition) is 6. The van der Waals surface area contributed by atoms with Gasteiger partial charge in [0.2, 0.25) is 17.7 Å². The molecule has 0 atom stereocenters. The van der Waals surface area contributed by atoms with Crippen molar-refractivity contribution in [1.82, 2.24) is 29.4 Å². The average Bonchev–Trinajstić information content (AvgIpc) is 3.54. The molecule has 0 spiro atoms. The van der Waals surface area contributed by atoms with Crippen molar-refractivity contribution in [3.8, 4) is 17.0 Å². The van der Waals surface area contributed by atoms with E-state index in [1.54, 1.807) is 14.0 Å². The Morgan fingerprint density at radius 2 is 2.08 bits per heavy atom. The molecule has 0 radical (unpaired) electrons. The Labute approximate surface area is 212 Å². The molecule has 4 aromatic rings. The second-order valence-corrected chi connectivity index (χ2v) is 10.2. The van der Waals surface area contributed by atoms with Gasteiger partial charge in [0.25, 0.3) is 6.43 Å². The molecule has 4 heterocycles. The van der Waals surface area contributed by atoms with Crippen molar-refractivity contribution >= 4 is 33.9 Å². The first-order chi connectivity index (χ1) is 17.8. The van der Waals surface area contributed by atoms with E-state index in [1.807, 2.05) is 29.3 Å². The van der Waals surface area contributed by atoms with E-state index in [4.69, 9.17) is 4.74 Å². The molecule has 1 aliphatic heterocycles. The highest BCUT2D eigenvalue weighted by Gasteiger charge is 2.48. The lowest BCUT2D eigenvalue weighted by molar-refractivity contribution is -0.136. The third-order valence-electron chi connectivity index (χ3n) is 7.69. The normalized spacial score (nSPS) is 21.8. The average molecular weight is 510 g/mol. The van der Waals surface area contributed by atoms with E-state index in [9.17, 15) is 13.6 Å². The van der Waals surface area contributed by atoms with Gasteiger partial charge in [-0.15, -0.1) is 0 Å². The largest absolute Gasteiger partial charge is 0.480 e. The molecule has 2 N–H and O–H groups in total. The number of likely N-dealkylation sites (tertiary alicyclic amines) is 1. The molecule has 1 amide bonds. The fraction of sp³-hybridized carbons (Fsp3) is 0.462. The molecule has 11 heteroatoms. The van der Waals surface area contributed by atoms with Gasteiger partial charge in [-0.2, -0.15) is 9.97 Å². The molecule has 1 aromatic carbocycles. The number of nitrogens with zero attached hydrogens (tertiary/aromatic N) is 5. The van der Waals surface area contributed by atoms with Crippen molar-refractivity contribution in [2.75, 3.05) is 19.0 Å². The molecule has 2 aliphatic rings. The first-order valence-corrected chi connectivity index (χ1v) is 12.5. The van der Waals surface area contributed by atoms with Gasteiger partial charge in [-0.05, 0) is 50.8 Å². The second kappa shape index (κ2) is 8.67. The minimum Gasteiger partial charge on any atom is -0.480 e. The van der Waals surface area contributed by atoms with Crippen molar-refractivity contribution in [2.45, 2.75) is 64.1 Å². The predicted octanol–water partition coefficient (Wildman–Crippen LogP) is 4.51. The number of benzene rings is 1.